The molecule has 0 radical (unpaired) electrons. The van der Waals surface area contributed by atoms with Crippen LogP contribution in [0.3, 0.4) is 0 Å². The van der Waals surface area contributed by atoms with Crippen LogP contribution in [0.15, 0.2) is 106 Å². The molecular formula is C32H31N3O6S. The minimum atomic E-state index is -0.533. The third-order valence-electron chi connectivity index (χ3n) is 6.06. The monoisotopic (exact) mass is 585 g/mol. The lowest BCUT2D eigenvalue weighted by atomic mass is 10.2. The van der Waals surface area contributed by atoms with E-state index in [0.29, 0.717) is 40.6 Å². The fourth-order valence-corrected chi connectivity index (χ4v) is 4.92. The zero-order chi connectivity index (χ0) is 29.9. The van der Waals surface area contributed by atoms with Crippen molar-refractivity contribution in [2.75, 3.05) is 24.9 Å². The molecule has 0 fully saturated rings. The number of nitrogens with one attached hydrogen (secondary N) is 3. The highest BCUT2D eigenvalue weighted by molar-refractivity contribution is 8.00. The Morgan fingerprint density at radius 1 is 0.905 bits per heavy atom. The van der Waals surface area contributed by atoms with Crippen LogP contribution in [0.25, 0.3) is 6.08 Å². The van der Waals surface area contributed by atoms with Crippen LogP contribution in [0.1, 0.15) is 29.5 Å². The van der Waals surface area contributed by atoms with E-state index in [2.05, 4.69) is 16.0 Å². The van der Waals surface area contributed by atoms with Crippen LogP contribution in [0.2, 0.25) is 0 Å². The van der Waals surface area contributed by atoms with Gasteiger partial charge in [0.15, 0.2) is 0 Å². The Morgan fingerprint density at radius 2 is 1.71 bits per heavy atom. The van der Waals surface area contributed by atoms with Crippen molar-refractivity contribution in [2.45, 2.75) is 23.5 Å². The van der Waals surface area contributed by atoms with Gasteiger partial charge in [-0.15, -0.1) is 11.8 Å². The number of rotatable bonds is 12. The summed E-state index contributed by atoms with van der Waals surface area (Å²) in [7, 11) is 3.09. The first kappa shape index (κ1) is 30.0. The molecule has 0 aliphatic rings. The number of furan rings is 1. The maximum Gasteiger partial charge on any atom is 0.272 e. The van der Waals surface area contributed by atoms with E-state index < -0.39 is 17.1 Å². The van der Waals surface area contributed by atoms with Gasteiger partial charge in [-0.3, -0.25) is 14.4 Å². The predicted octanol–water partition coefficient (Wildman–Crippen LogP) is 6.22. The number of methoxy groups -OCH3 is 2. The number of hydrogen-bond donors (Lipinski definition) is 3. The minimum absolute atomic E-state index is 0.0103. The van der Waals surface area contributed by atoms with E-state index in [9.17, 15) is 14.4 Å². The first-order valence-electron chi connectivity index (χ1n) is 13.1. The zero-order valence-corrected chi connectivity index (χ0v) is 24.2. The van der Waals surface area contributed by atoms with Gasteiger partial charge in [0.2, 0.25) is 5.91 Å². The molecule has 1 unspecified atom stereocenters. The Labute approximate surface area is 248 Å². The Hall–Kier alpha value is -4.96. The summed E-state index contributed by atoms with van der Waals surface area (Å²) >= 11 is 1.37. The average molecular weight is 586 g/mol. The smallest absolute Gasteiger partial charge is 0.272 e. The summed E-state index contributed by atoms with van der Waals surface area (Å²) in [6, 6.07) is 24.3. The van der Waals surface area contributed by atoms with E-state index in [1.807, 2.05) is 13.0 Å². The Balaban J connectivity index is 1.46. The van der Waals surface area contributed by atoms with Crippen LogP contribution in [-0.2, 0) is 9.59 Å². The van der Waals surface area contributed by atoms with Gasteiger partial charge in [-0.2, -0.15) is 0 Å². The molecule has 4 rings (SSSR count). The maximum absolute atomic E-state index is 13.3. The fourth-order valence-electron chi connectivity index (χ4n) is 3.91. The fraction of sp³-hybridized carbons (Fsp3) is 0.156. The van der Waals surface area contributed by atoms with Gasteiger partial charge in [-0.25, -0.2) is 0 Å². The van der Waals surface area contributed by atoms with Gasteiger partial charge in [-0.1, -0.05) is 31.2 Å². The number of anilines is 2. The molecule has 0 spiro atoms. The van der Waals surface area contributed by atoms with Gasteiger partial charge >= 0.3 is 0 Å². The summed E-state index contributed by atoms with van der Waals surface area (Å²) < 4.78 is 16.0. The summed E-state index contributed by atoms with van der Waals surface area (Å²) in [6.45, 7) is 1.93. The van der Waals surface area contributed by atoms with Gasteiger partial charge in [0.1, 0.15) is 23.0 Å². The normalized spacial score (nSPS) is 11.7. The van der Waals surface area contributed by atoms with Crippen molar-refractivity contribution in [3.63, 3.8) is 0 Å². The molecule has 4 aromatic rings. The van der Waals surface area contributed by atoms with E-state index in [0.717, 1.165) is 4.90 Å². The second-order valence-corrected chi connectivity index (χ2v) is 10.2. The van der Waals surface area contributed by atoms with Crippen molar-refractivity contribution < 1.29 is 28.3 Å². The van der Waals surface area contributed by atoms with Crippen LogP contribution in [0.4, 0.5) is 11.4 Å². The van der Waals surface area contributed by atoms with E-state index >= 15 is 0 Å². The molecule has 42 heavy (non-hydrogen) atoms. The van der Waals surface area contributed by atoms with Gasteiger partial charge in [0, 0.05) is 28.3 Å². The first-order valence-corrected chi connectivity index (χ1v) is 14.0. The highest BCUT2D eigenvalue weighted by atomic mass is 32.2. The number of hydrogen-bond acceptors (Lipinski definition) is 7. The van der Waals surface area contributed by atoms with Gasteiger partial charge < -0.3 is 29.8 Å². The van der Waals surface area contributed by atoms with Crippen molar-refractivity contribution in [3.8, 4) is 11.5 Å². The Bertz CT molecular complexity index is 1550. The van der Waals surface area contributed by atoms with Gasteiger partial charge in [-0.05, 0) is 61.0 Å². The van der Waals surface area contributed by atoms with E-state index in [1.54, 1.807) is 86.0 Å². The molecule has 10 heteroatoms. The first-order chi connectivity index (χ1) is 20.4. The molecule has 3 N–H and O–H groups in total. The SMILES string of the molecule is CCC(Sc1cccc(NC(=O)/C(=C/c2ccco2)NC(=O)c2ccccc2)c1)C(=O)Nc1ccc(OC)cc1OC. The zero-order valence-electron chi connectivity index (χ0n) is 23.4. The summed E-state index contributed by atoms with van der Waals surface area (Å²) in [6.07, 6.45) is 3.50. The molecule has 216 valence electrons. The van der Waals surface area contributed by atoms with Crippen LogP contribution < -0.4 is 25.4 Å². The molecule has 0 aliphatic heterocycles. The van der Waals surface area contributed by atoms with E-state index in [4.69, 9.17) is 13.9 Å². The van der Waals surface area contributed by atoms with E-state index in [-0.39, 0.29) is 11.6 Å². The number of carbonyl (C=O) groups is 3. The summed E-state index contributed by atoms with van der Waals surface area (Å²) in [5.41, 5.74) is 1.45. The second kappa shape index (κ2) is 14.6. The highest BCUT2D eigenvalue weighted by Gasteiger charge is 2.21. The van der Waals surface area contributed by atoms with Crippen LogP contribution in [0, 0.1) is 0 Å². The summed E-state index contributed by atoms with van der Waals surface area (Å²) in [4.78, 5) is 40.0. The largest absolute Gasteiger partial charge is 0.497 e. The lowest BCUT2D eigenvalue weighted by molar-refractivity contribution is -0.116. The number of amides is 3. The van der Waals surface area contributed by atoms with Crippen LogP contribution in [0.5, 0.6) is 11.5 Å². The molecule has 0 saturated carbocycles. The van der Waals surface area contributed by atoms with Crippen LogP contribution in [-0.4, -0.2) is 37.2 Å². The number of thioether (sulfide) groups is 1. The van der Waals surface area contributed by atoms with Crippen molar-refractivity contribution in [1.82, 2.24) is 5.32 Å². The van der Waals surface area contributed by atoms with Crippen LogP contribution >= 0.6 is 11.8 Å². The second-order valence-electron chi connectivity index (χ2n) is 8.95. The molecule has 0 bridgehead atoms. The van der Waals surface area contributed by atoms with Crippen molar-refractivity contribution >= 4 is 46.9 Å². The summed E-state index contributed by atoms with van der Waals surface area (Å²) in [5, 5.41) is 8.03. The Morgan fingerprint density at radius 3 is 2.40 bits per heavy atom. The molecule has 3 amide bonds. The predicted molar refractivity (Wildman–Crippen MR) is 164 cm³/mol. The number of ether oxygens (including phenoxy) is 2. The standard InChI is InChI=1S/C32H31N3O6S/c1-4-29(32(38)34-26-16-15-23(39-2)20-28(26)40-3)42-25-14-8-12-22(18-25)33-31(37)27(19-24-13-9-17-41-24)35-30(36)21-10-6-5-7-11-21/h5-20,29H,4H2,1-3H3,(H,33,37)(H,34,38)(H,35,36)/b27-19-. The number of benzene rings is 3. The third-order valence-corrected chi connectivity index (χ3v) is 7.42. The molecule has 1 aromatic heterocycles. The maximum atomic E-state index is 13.3. The van der Waals surface area contributed by atoms with Crippen molar-refractivity contribution in [1.29, 1.82) is 0 Å². The average Bonchev–Trinajstić information content (AvgIpc) is 3.53. The van der Waals surface area contributed by atoms with Gasteiger partial charge in [0.05, 0.1) is 31.4 Å². The molecule has 0 saturated heterocycles. The molecule has 0 aliphatic carbocycles. The minimum Gasteiger partial charge on any atom is -0.497 e. The highest BCUT2D eigenvalue weighted by Crippen LogP contribution is 2.32. The molecular weight excluding hydrogens is 554 g/mol. The Kier molecular flexibility index (Phi) is 10.4. The number of carbonyl (C=O) groups excluding carboxylic acids is 3. The molecule has 1 atom stereocenters. The summed E-state index contributed by atoms with van der Waals surface area (Å²) in [5.74, 6) is 0.361. The molecule has 3 aromatic carbocycles. The quantitative estimate of drug-likeness (QED) is 0.133. The van der Waals surface area contributed by atoms with Crippen molar-refractivity contribution in [2.24, 2.45) is 0 Å². The van der Waals surface area contributed by atoms with E-state index in [1.165, 1.54) is 31.2 Å². The molecule has 9 nitrogen and oxygen atoms in total. The molecule has 1 heterocycles. The third kappa shape index (κ3) is 8.05. The van der Waals surface area contributed by atoms with Gasteiger partial charge in [0.25, 0.3) is 11.8 Å². The lowest BCUT2D eigenvalue weighted by Gasteiger charge is -2.17. The lowest BCUT2D eigenvalue weighted by Crippen LogP contribution is -2.30. The van der Waals surface area contributed by atoms with Crippen molar-refractivity contribution in [3.05, 3.63) is 108 Å². The topological polar surface area (TPSA) is 119 Å².